The van der Waals surface area contributed by atoms with Gasteiger partial charge in [0.05, 0.1) is 0 Å². The number of hydrogen-bond donors (Lipinski definition) is 2. The number of carbonyl (C=O) groups excluding carboxylic acids is 1. The third-order valence-corrected chi connectivity index (χ3v) is 3.99. The lowest BCUT2D eigenvalue weighted by atomic mass is 10.1. The zero-order chi connectivity index (χ0) is 14.5. The van der Waals surface area contributed by atoms with Gasteiger partial charge in [-0.15, -0.1) is 0 Å². The minimum Gasteiger partial charge on any atom is -0.319 e. The molecule has 0 spiro atoms. The monoisotopic (exact) mass is 275 g/mol. The van der Waals surface area contributed by atoms with Crippen molar-refractivity contribution in [2.75, 3.05) is 18.4 Å². The maximum absolute atomic E-state index is 12.5. The summed E-state index contributed by atoms with van der Waals surface area (Å²) in [5.74, 6) is 0. The first-order valence-electron chi connectivity index (χ1n) is 7.51. The van der Waals surface area contributed by atoms with Gasteiger partial charge in [-0.25, -0.2) is 4.79 Å². The predicted octanol–water partition coefficient (Wildman–Crippen LogP) is 2.99. The molecule has 0 aliphatic carbocycles. The van der Waals surface area contributed by atoms with E-state index in [1.165, 1.54) is 0 Å². The summed E-state index contributed by atoms with van der Waals surface area (Å²) in [6.07, 6.45) is 2.02. The Morgan fingerprint density at radius 2 is 2.20 bits per heavy atom. The number of piperazine rings is 1. The van der Waals surface area contributed by atoms with Gasteiger partial charge in [-0.05, 0) is 37.5 Å². The van der Waals surface area contributed by atoms with E-state index >= 15 is 0 Å². The van der Waals surface area contributed by atoms with E-state index in [2.05, 4.69) is 24.5 Å². The third kappa shape index (κ3) is 3.51. The highest BCUT2D eigenvalue weighted by Crippen LogP contribution is 2.16. The molecule has 1 aromatic rings. The minimum absolute atomic E-state index is 0.0161. The number of anilines is 1. The van der Waals surface area contributed by atoms with Gasteiger partial charge in [-0.2, -0.15) is 0 Å². The third-order valence-electron chi connectivity index (χ3n) is 3.99. The maximum atomic E-state index is 12.5. The van der Waals surface area contributed by atoms with Gasteiger partial charge >= 0.3 is 6.03 Å². The van der Waals surface area contributed by atoms with Crippen LogP contribution in [0.15, 0.2) is 24.3 Å². The van der Waals surface area contributed by atoms with Gasteiger partial charge < -0.3 is 15.5 Å². The molecule has 20 heavy (non-hydrogen) atoms. The molecule has 1 aliphatic rings. The van der Waals surface area contributed by atoms with Crippen molar-refractivity contribution in [2.24, 2.45) is 0 Å². The Morgan fingerprint density at radius 1 is 1.40 bits per heavy atom. The van der Waals surface area contributed by atoms with Gasteiger partial charge in [0.1, 0.15) is 0 Å². The Labute approximate surface area is 121 Å². The standard InChI is InChI=1S/C16H25N3O/c1-4-13-11-19(15(5-2)10-17-13)16(20)18-14-8-6-7-12(3)9-14/h6-9,13,15,17H,4-5,10-11H2,1-3H3,(H,18,20). The van der Waals surface area contributed by atoms with E-state index in [0.29, 0.717) is 6.04 Å². The molecule has 2 unspecified atom stereocenters. The first-order valence-corrected chi connectivity index (χ1v) is 7.51. The SMILES string of the molecule is CCC1CN(C(=O)Nc2cccc(C)c2)C(CC)CN1. The lowest BCUT2D eigenvalue weighted by molar-refractivity contribution is 0.147. The highest BCUT2D eigenvalue weighted by atomic mass is 16.2. The van der Waals surface area contributed by atoms with E-state index in [9.17, 15) is 4.79 Å². The predicted molar refractivity (Wildman–Crippen MR) is 83.1 cm³/mol. The maximum Gasteiger partial charge on any atom is 0.322 e. The van der Waals surface area contributed by atoms with Crippen LogP contribution < -0.4 is 10.6 Å². The van der Waals surface area contributed by atoms with E-state index in [-0.39, 0.29) is 12.1 Å². The number of hydrogen-bond acceptors (Lipinski definition) is 2. The summed E-state index contributed by atoms with van der Waals surface area (Å²) in [6.45, 7) is 7.98. The van der Waals surface area contributed by atoms with Crippen LogP contribution in [-0.4, -0.2) is 36.1 Å². The first kappa shape index (κ1) is 14.9. The molecule has 2 atom stereocenters. The minimum atomic E-state index is 0.0161. The van der Waals surface area contributed by atoms with Crippen molar-refractivity contribution in [3.63, 3.8) is 0 Å². The normalized spacial score (nSPS) is 22.6. The van der Waals surface area contributed by atoms with Gasteiger partial charge in [0.15, 0.2) is 0 Å². The van der Waals surface area contributed by atoms with Crippen molar-refractivity contribution >= 4 is 11.7 Å². The molecule has 4 nitrogen and oxygen atoms in total. The van der Waals surface area contributed by atoms with E-state index in [1.54, 1.807) is 0 Å². The fourth-order valence-electron chi connectivity index (χ4n) is 2.67. The van der Waals surface area contributed by atoms with Gasteiger partial charge in [-0.3, -0.25) is 0 Å². The fourth-order valence-corrected chi connectivity index (χ4v) is 2.67. The van der Waals surface area contributed by atoms with E-state index < -0.39 is 0 Å². The average Bonchev–Trinajstić information content (AvgIpc) is 2.46. The van der Waals surface area contributed by atoms with E-state index in [4.69, 9.17) is 0 Å². The molecule has 2 N–H and O–H groups in total. The summed E-state index contributed by atoms with van der Waals surface area (Å²) < 4.78 is 0. The Hall–Kier alpha value is -1.55. The number of rotatable bonds is 3. The number of benzene rings is 1. The van der Waals surface area contributed by atoms with Gasteiger partial charge in [0.2, 0.25) is 0 Å². The number of carbonyl (C=O) groups is 1. The summed E-state index contributed by atoms with van der Waals surface area (Å²) in [5, 5.41) is 6.53. The molecular formula is C16H25N3O. The van der Waals surface area contributed by atoms with Crippen molar-refractivity contribution in [3.8, 4) is 0 Å². The molecule has 0 aromatic heterocycles. The zero-order valence-electron chi connectivity index (χ0n) is 12.6. The van der Waals surface area contributed by atoms with Crippen molar-refractivity contribution < 1.29 is 4.79 Å². The Bertz CT molecular complexity index is 461. The van der Waals surface area contributed by atoms with Crippen LogP contribution >= 0.6 is 0 Å². The second kappa shape index (κ2) is 6.75. The molecule has 2 rings (SSSR count). The van der Waals surface area contributed by atoms with Crippen LogP contribution in [0.2, 0.25) is 0 Å². The molecule has 2 amide bonds. The Morgan fingerprint density at radius 3 is 2.85 bits per heavy atom. The smallest absolute Gasteiger partial charge is 0.319 e. The summed E-state index contributed by atoms with van der Waals surface area (Å²) in [4.78, 5) is 14.5. The van der Waals surface area contributed by atoms with Crippen molar-refractivity contribution in [2.45, 2.75) is 45.7 Å². The van der Waals surface area contributed by atoms with Crippen LogP contribution in [-0.2, 0) is 0 Å². The van der Waals surface area contributed by atoms with Crippen LogP contribution in [0.25, 0.3) is 0 Å². The molecule has 1 heterocycles. The van der Waals surface area contributed by atoms with E-state index in [1.807, 2.05) is 36.1 Å². The Kier molecular flexibility index (Phi) is 5.01. The van der Waals surface area contributed by atoms with Crippen LogP contribution in [0.3, 0.4) is 0 Å². The molecule has 110 valence electrons. The molecule has 0 saturated carbocycles. The molecule has 0 radical (unpaired) electrons. The number of urea groups is 1. The van der Waals surface area contributed by atoms with Crippen LogP contribution in [0.4, 0.5) is 10.5 Å². The van der Waals surface area contributed by atoms with E-state index in [0.717, 1.165) is 37.2 Å². The van der Waals surface area contributed by atoms with Crippen LogP contribution in [0.1, 0.15) is 32.3 Å². The largest absolute Gasteiger partial charge is 0.322 e. The first-order chi connectivity index (χ1) is 9.63. The Balaban J connectivity index is 2.05. The van der Waals surface area contributed by atoms with Gasteiger partial charge in [-0.1, -0.05) is 26.0 Å². The van der Waals surface area contributed by atoms with Gasteiger partial charge in [0, 0.05) is 30.9 Å². The number of nitrogens with zero attached hydrogens (tertiary/aromatic N) is 1. The molecule has 4 heteroatoms. The number of amides is 2. The highest BCUT2D eigenvalue weighted by Gasteiger charge is 2.29. The van der Waals surface area contributed by atoms with Gasteiger partial charge in [0.25, 0.3) is 0 Å². The summed E-state index contributed by atoms with van der Waals surface area (Å²) >= 11 is 0. The second-order valence-electron chi connectivity index (χ2n) is 5.53. The number of nitrogens with one attached hydrogen (secondary N) is 2. The van der Waals surface area contributed by atoms with Crippen LogP contribution in [0, 0.1) is 6.92 Å². The molecule has 1 aromatic carbocycles. The van der Waals surface area contributed by atoms with Crippen molar-refractivity contribution in [1.29, 1.82) is 0 Å². The fraction of sp³-hybridized carbons (Fsp3) is 0.562. The molecule has 1 aliphatic heterocycles. The van der Waals surface area contributed by atoms with Crippen molar-refractivity contribution in [1.82, 2.24) is 10.2 Å². The lowest BCUT2D eigenvalue weighted by Gasteiger charge is -2.39. The molecule has 1 fully saturated rings. The molecule has 1 saturated heterocycles. The summed E-state index contributed by atoms with van der Waals surface area (Å²) in [7, 11) is 0. The second-order valence-corrected chi connectivity index (χ2v) is 5.53. The molecular weight excluding hydrogens is 250 g/mol. The van der Waals surface area contributed by atoms with Crippen molar-refractivity contribution in [3.05, 3.63) is 29.8 Å². The number of aryl methyl sites for hydroxylation is 1. The summed E-state index contributed by atoms with van der Waals surface area (Å²) in [6, 6.07) is 8.63. The lowest BCUT2D eigenvalue weighted by Crippen LogP contribution is -2.58. The zero-order valence-corrected chi connectivity index (χ0v) is 12.6. The quantitative estimate of drug-likeness (QED) is 0.890. The summed E-state index contributed by atoms with van der Waals surface area (Å²) in [5.41, 5.74) is 2.03. The average molecular weight is 275 g/mol. The van der Waals surface area contributed by atoms with Crippen LogP contribution in [0.5, 0.6) is 0 Å². The topological polar surface area (TPSA) is 44.4 Å². The molecule has 0 bridgehead atoms. The highest BCUT2D eigenvalue weighted by molar-refractivity contribution is 5.89.